The first-order valence-electron chi connectivity index (χ1n) is 5.78. The fraction of sp³-hybridized carbons (Fsp3) is 0.0714. The molecule has 0 fully saturated rings. The molecule has 21 heavy (non-hydrogen) atoms. The van der Waals surface area contributed by atoms with Crippen molar-refractivity contribution in [3.05, 3.63) is 56.5 Å². The Labute approximate surface area is 141 Å². The van der Waals surface area contributed by atoms with Crippen LogP contribution in [0.25, 0.3) is 0 Å². The molecule has 0 saturated heterocycles. The molecule has 0 atom stereocenters. The van der Waals surface area contributed by atoms with Crippen LogP contribution < -0.4 is 10.1 Å². The van der Waals surface area contributed by atoms with Gasteiger partial charge in [-0.25, -0.2) is 0 Å². The third-order valence-corrected chi connectivity index (χ3v) is 3.41. The average Bonchev–Trinajstić information content (AvgIpc) is 2.40. The number of carbonyl (C=O) groups is 1. The Bertz CT molecular complexity index is 656. The molecule has 0 aliphatic carbocycles. The lowest BCUT2D eigenvalue weighted by Crippen LogP contribution is -2.20. The molecular weight excluding hydrogens is 356 g/mol. The fourth-order valence-corrected chi connectivity index (χ4v) is 2.38. The second-order valence-corrected chi connectivity index (χ2v) is 5.78. The van der Waals surface area contributed by atoms with E-state index in [1.54, 1.807) is 36.4 Å². The maximum absolute atomic E-state index is 11.8. The Hall–Kier alpha value is -1.13. The summed E-state index contributed by atoms with van der Waals surface area (Å²) >= 11 is 23.5. The molecule has 2 aromatic carbocycles. The van der Waals surface area contributed by atoms with Crippen LogP contribution in [0.4, 0.5) is 5.69 Å². The van der Waals surface area contributed by atoms with Crippen LogP contribution in [-0.2, 0) is 4.79 Å². The Balaban J connectivity index is 1.97. The quantitative estimate of drug-likeness (QED) is 0.797. The molecule has 3 nitrogen and oxygen atoms in total. The molecule has 2 rings (SSSR count). The van der Waals surface area contributed by atoms with Crippen molar-refractivity contribution in [3.8, 4) is 5.75 Å². The number of rotatable bonds is 4. The van der Waals surface area contributed by atoms with Crippen molar-refractivity contribution in [1.82, 2.24) is 0 Å². The van der Waals surface area contributed by atoms with E-state index in [1.807, 2.05) is 0 Å². The normalized spacial score (nSPS) is 10.3. The lowest BCUT2D eigenvalue weighted by Gasteiger charge is -2.09. The molecule has 0 saturated carbocycles. The maximum Gasteiger partial charge on any atom is 0.262 e. The highest BCUT2D eigenvalue weighted by Crippen LogP contribution is 2.26. The minimum Gasteiger partial charge on any atom is -0.484 e. The number of nitrogens with one attached hydrogen (secondary N) is 1. The van der Waals surface area contributed by atoms with Crippen LogP contribution in [0.3, 0.4) is 0 Å². The highest BCUT2D eigenvalue weighted by atomic mass is 35.5. The molecule has 2 aromatic rings. The Morgan fingerprint density at radius 2 is 1.62 bits per heavy atom. The maximum atomic E-state index is 11.8. The van der Waals surface area contributed by atoms with Gasteiger partial charge in [0.25, 0.3) is 5.91 Å². The van der Waals surface area contributed by atoms with E-state index in [4.69, 9.17) is 51.1 Å². The first-order chi connectivity index (χ1) is 9.94. The van der Waals surface area contributed by atoms with E-state index in [2.05, 4.69) is 5.32 Å². The van der Waals surface area contributed by atoms with Gasteiger partial charge in [-0.1, -0.05) is 46.4 Å². The highest BCUT2D eigenvalue weighted by molar-refractivity contribution is 6.36. The van der Waals surface area contributed by atoms with Crippen molar-refractivity contribution >= 4 is 58.0 Å². The summed E-state index contributed by atoms with van der Waals surface area (Å²) < 4.78 is 5.31. The number of hydrogen-bond donors (Lipinski definition) is 1. The number of halogens is 4. The van der Waals surface area contributed by atoms with Crippen LogP contribution >= 0.6 is 46.4 Å². The van der Waals surface area contributed by atoms with Gasteiger partial charge in [-0.2, -0.15) is 0 Å². The van der Waals surface area contributed by atoms with Gasteiger partial charge in [-0.05, 0) is 36.4 Å². The number of hydrogen-bond acceptors (Lipinski definition) is 2. The molecule has 0 spiro atoms. The first kappa shape index (κ1) is 16.2. The zero-order valence-electron chi connectivity index (χ0n) is 10.5. The highest BCUT2D eigenvalue weighted by Gasteiger charge is 2.08. The minimum atomic E-state index is -0.379. The van der Waals surface area contributed by atoms with Crippen molar-refractivity contribution < 1.29 is 9.53 Å². The van der Waals surface area contributed by atoms with Crippen LogP contribution in [0.15, 0.2) is 36.4 Å². The third-order valence-electron chi connectivity index (χ3n) is 2.41. The lowest BCUT2D eigenvalue weighted by molar-refractivity contribution is -0.118. The van der Waals surface area contributed by atoms with Gasteiger partial charge in [0.15, 0.2) is 6.61 Å². The standard InChI is InChI=1S/C14H9Cl4NO2/c15-8-1-2-12(18)13(6-8)19-14(20)7-21-11-4-9(16)3-10(17)5-11/h1-6H,7H2,(H,19,20). The smallest absolute Gasteiger partial charge is 0.262 e. The number of carbonyl (C=O) groups excluding carboxylic acids is 1. The Morgan fingerprint density at radius 3 is 2.29 bits per heavy atom. The second kappa shape index (κ2) is 7.23. The van der Waals surface area contributed by atoms with E-state index in [0.29, 0.717) is 31.5 Å². The summed E-state index contributed by atoms with van der Waals surface area (Å²) in [5, 5.41) is 4.31. The number of benzene rings is 2. The van der Waals surface area contributed by atoms with Crippen molar-refractivity contribution in [2.45, 2.75) is 0 Å². The monoisotopic (exact) mass is 363 g/mol. The fourth-order valence-electron chi connectivity index (χ4n) is 1.54. The summed E-state index contributed by atoms with van der Waals surface area (Å²) in [5.74, 6) is 0.0232. The molecule has 0 bridgehead atoms. The molecule has 110 valence electrons. The van der Waals surface area contributed by atoms with Gasteiger partial charge in [0.05, 0.1) is 10.7 Å². The molecule has 0 radical (unpaired) electrons. The van der Waals surface area contributed by atoms with E-state index in [0.717, 1.165) is 0 Å². The molecule has 0 aliphatic heterocycles. The van der Waals surface area contributed by atoms with Gasteiger partial charge in [0, 0.05) is 15.1 Å². The van der Waals surface area contributed by atoms with E-state index in [-0.39, 0.29) is 12.5 Å². The van der Waals surface area contributed by atoms with E-state index < -0.39 is 0 Å². The second-order valence-electron chi connectivity index (χ2n) is 4.07. The third kappa shape index (κ3) is 4.97. The SMILES string of the molecule is O=C(COc1cc(Cl)cc(Cl)c1)Nc1cc(Cl)ccc1Cl. The molecule has 0 heterocycles. The zero-order chi connectivity index (χ0) is 15.4. The molecule has 1 amide bonds. The summed E-state index contributed by atoms with van der Waals surface area (Å²) in [6.45, 7) is -0.209. The van der Waals surface area contributed by atoms with Crippen molar-refractivity contribution in [2.75, 3.05) is 11.9 Å². The van der Waals surface area contributed by atoms with Crippen LogP contribution in [0, 0.1) is 0 Å². The predicted molar refractivity (Wildman–Crippen MR) is 87.0 cm³/mol. The summed E-state index contributed by atoms with van der Waals surface area (Å²) in [6.07, 6.45) is 0. The Morgan fingerprint density at radius 1 is 0.952 bits per heavy atom. The average molecular weight is 365 g/mol. The topological polar surface area (TPSA) is 38.3 Å². The van der Waals surface area contributed by atoms with Crippen LogP contribution in [0.2, 0.25) is 20.1 Å². The van der Waals surface area contributed by atoms with Gasteiger partial charge in [0.2, 0.25) is 0 Å². The van der Waals surface area contributed by atoms with Gasteiger partial charge in [-0.15, -0.1) is 0 Å². The summed E-state index contributed by atoms with van der Waals surface area (Å²) in [6, 6.07) is 9.47. The first-order valence-corrected chi connectivity index (χ1v) is 7.29. The van der Waals surface area contributed by atoms with E-state index >= 15 is 0 Å². The summed E-state index contributed by atoms with van der Waals surface area (Å²) in [7, 11) is 0. The van der Waals surface area contributed by atoms with Gasteiger partial charge in [-0.3, -0.25) is 4.79 Å². The Kier molecular flexibility index (Phi) is 5.59. The van der Waals surface area contributed by atoms with E-state index in [1.165, 1.54) is 0 Å². The van der Waals surface area contributed by atoms with Gasteiger partial charge < -0.3 is 10.1 Å². The minimum absolute atomic E-state index is 0.209. The zero-order valence-corrected chi connectivity index (χ0v) is 13.5. The predicted octanol–water partition coefficient (Wildman–Crippen LogP) is 5.32. The molecule has 0 unspecified atom stereocenters. The van der Waals surface area contributed by atoms with Crippen molar-refractivity contribution in [1.29, 1.82) is 0 Å². The molecule has 7 heteroatoms. The molecule has 1 N–H and O–H groups in total. The van der Waals surface area contributed by atoms with Crippen molar-refractivity contribution in [2.24, 2.45) is 0 Å². The van der Waals surface area contributed by atoms with Crippen LogP contribution in [0.5, 0.6) is 5.75 Å². The number of amides is 1. The van der Waals surface area contributed by atoms with Crippen LogP contribution in [-0.4, -0.2) is 12.5 Å². The van der Waals surface area contributed by atoms with Crippen LogP contribution in [0.1, 0.15) is 0 Å². The molecule has 0 aromatic heterocycles. The largest absolute Gasteiger partial charge is 0.484 e. The molecule has 0 aliphatic rings. The van der Waals surface area contributed by atoms with Gasteiger partial charge in [0.1, 0.15) is 5.75 Å². The summed E-state index contributed by atoms with van der Waals surface area (Å²) in [5.41, 5.74) is 0.418. The molecular formula is C14H9Cl4NO2. The van der Waals surface area contributed by atoms with Gasteiger partial charge >= 0.3 is 0 Å². The number of ether oxygens (including phenoxy) is 1. The number of anilines is 1. The summed E-state index contributed by atoms with van der Waals surface area (Å²) in [4.78, 5) is 11.8. The van der Waals surface area contributed by atoms with E-state index in [9.17, 15) is 4.79 Å². The van der Waals surface area contributed by atoms with Crippen molar-refractivity contribution in [3.63, 3.8) is 0 Å². The lowest BCUT2D eigenvalue weighted by atomic mass is 10.3.